The summed E-state index contributed by atoms with van der Waals surface area (Å²) in [5, 5.41) is 0.767. The van der Waals surface area contributed by atoms with Gasteiger partial charge < -0.3 is 4.90 Å². The lowest BCUT2D eigenvalue weighted by molar-refractivity contribution is -0.137. The van der Waals surface area contributed by atoms with Gasteiger partial charge in [-0.25, -0.2) is 0 Å². The molecular weight excluding hydrogens is 517 g/mol. The molecule has 2 amide bonds. The van der Waals surface area contributed by atoms with Gasteiger partial charge in [-0.05, 0) is 54.3 Å². The number of imide groups is 1. The van der Waals surface area contributed by atoms with Gasteiger partial charge in [-0.1, -0.05) is 78.3 Å². The molecule has 0 saturated carbocycles. The van der Waals surface area contributed by atoms with Gasteiger partial charge in [0, 0.05) is 49.0 Å². The predicted octanol–water partition coefficient (Wildman–Crippen LogP) is 5.93. The van der Waals surface area contributed by atoms with E-state index in [1.54, 1.807) is 0 Å². The fourth-order valence-electron chi connectivity index (χ4n) is 5.25. The van der Waals surface area contributed by atoms with E-state index in [4.69, 9.17) is 11.6 Å². The Balaban J connectivity index is 0.00000336. The summed E-state index contributed by atoms with van der Waals surface area (Å²) in [6, 6.07) is 27.8. The van der Waals surface area contributed by atoms with E-state index in [0.717, 1.165) is 67.3 Å². The predicted molar refractivity (Wildman–Crippen MR) is 157 cm³/mol. The Morgan fingerprint density at radius 2 is 1.34 bits per heavy atom. The second-order valence-electron chi connectivity index (χ2n) is 9.63. The molecule has 2 aliphatic rings. The lowest BCUT2D eigenvalue weighted by atomic mass is 9.92. The van der Waals surface area contributed by atoms with E-state index in [1.807, 2.05) is 78.9 Å². The second kappa shape index (κ2) is 13.1. The second-order valence-corrected chi connectivity index (χ2v) is 10.1. The topological polar surface area (TPSA) is 43.9 Å². The van der Waals surface area contributed by atoms with Crippen molar-refractivity contribution in [3.63, 3.8) is 0 Å². The highest BCUT2D eigenvalue weighted by Crippen LogP contribution is 2.33. The molecule has 2 heterocycles. The van der Waals surface area contributed by atoms with E-state index in [0.29, 0.717) is 12.1 Å². The zero-order chi connectivity index (χ0) is 25.6. The molecule has 0 atom stereocenters. The van der Waals surface area contributed by atoms with Crippen molar-refractivity contribution < 1.29 is 9.59 Å². The number of nitrogens with zero attached hydrogens (tertiary/aromatic N) is 3. The van der Waals surface area contributed by atoms with Gasteiger partial charge in [-0.2, -0.15) is 0 Å². The first-order valence-electron chi connectivity index (χ1n) is 13.0. The number of piperazine rings is 1. The van der Waals surface area contributed by atoms with E-state index in [2.05, 4.69) is 15.9 Å². The largest absolute Gasteiger partial charge is 0.369 e. The SMILES string of the molecule is Cl.O=C1CC(=C(c2ccccc2)c2ccccc2)C(=O)N1CCCCN1CCN(c2cccc(Cl)c2)CC1. The number of unbranched alkanes of at least 4 members (excludes halogenated alkanes) is 1. The van der Waals surface area contributed by atoms with Crippen molar-refractivity contribution >= 4 is 47.1 Å². The van der Waals surface area contributed by atoms with Crippen LogP contribution in [0, 0.1) is 0 Å². The fourth-order valence-corrected chi connectivity index (χ4v) is 5.44. The van der Waals surface area contributed by atoms with Gasteiger partial charge in [0.1, 0.15) is 0 Å². The van der Waals surface area contributed by atoms with Crippen LogP contribution in [0.3, 0.4) is 0 Å². The number of rotatable bonds is 8. The maximum absolute atomic E-state index is 13.4. The van der Waals surface area contributed by atoms with Crippen LogP contribution in [0.15, 0.2) is 90.5 Å². The number of amides is 2. The van der Waals surface area contributed by atoms with Crippen molar-refractivity contribution in [3.05, 3.63) is 107 Å². The Bertz CT molecular complexity index is 1230. The van der Waals surface area contributed by atoms with E-state index < -0.39 is 0 Å². The summed E-state index contributed by atoms with van der Waals surface area (Å²) in [4.78, 5) is 32.6. The average molecular weight is 551 g/mol. The Kier molecular flexibility index (Phi) is 9.62. The normalized spacial score (nSPS) is 16.1. The average Bonchev–Trinajstić information content (AvgIpc) is 3.21. The molecule has 5 nitrogen and oxygen atoms in total. The van der Waals surface area contributed by atoms with Gasteiger partial charge in [-0.3, -0.25) is 19.4 Å². The molecule has 198 valence electrons. The lowest BCUT2D eigenvalue weighted by Crippen LogP contribution is -2.46. The minimum absolute atomic E-state index is 0. The number of hydrogen-bond acceptors (Lipinski definition) is 4. The summed E-state index contributed by atoms with van der Waals surface area (Å²) in [7, 11) is 0. The number of anilines is 1. The summed E-state index contributed by atoms with van der Waals surface area (Å²) in [5.41, 5.74) is 4.55. The third-order valence-electron chi connectivity index (χ3n) is 7.21. The molecule has 38 heavy (non-hydrogen) atoms. The number of halogens is 2. The lowest BCUT2D eigenvalue weighted by Gasteiger charge is -2.36. The summed E-state index contributed by atoms with van der Waals surface area (Å²) in [5.74, 6) is -0.248. The summed E-state index contributed by atoms with van der Waals surface area (Å²) in [6.45, 7) is 5.39. The zero-order valence-corrected chi connectivity index (χ0v) is 23.0. The zero-order valence-electron chi connectivity index (χ0n) is 21.4. The molecule has 2 fully saturated rings. The minimum Gasteiger partial charge on any atom is -0.369 e. The van der Waals surface area contributed by atoms with E-state index in [9.17, 15) is 9.59 Å². The molecule has 5 rings (SSSR count). The Labute approximate surface area is 236 Å². The van der Waals surface area contributed by atoms with Gasteiger partial charge in [0.25, 0.3) is 5.91 Å². The molecular formula is C31H33Cl2N3O2. The first-order valence-corrected chi connectivity index (χ1v) is 13.4. The van der Waals surface area contributed by atoms with E-state index in [1.165, 1.54) is 10.6 Å². The van der Waals surface area contributed by atoms with Gasteiger partial charge in [0.15, 0.2) is 0 Å². The number of likely N-dealkylation sites (tertiary alicyclic amines) is 1. The molecule has 0 spiro atoms. The molecule has 3 aromatic rings. The molecule has 0 bridgehead atoms. The molecule has 0 N–H and O–H groups in total. The standard InChI is InChI=1S/C31H32ClN3O2.ClH/c32-26-14-9-15-27(22-26)34-20-18-33(19-21-34)16-7-8-17-35-29(36)23-28(31(35)37)30(24-10-3-1-4-11-24)25-12-5-2-6-13-25;/h1-6,9-15,22H,7-8,16-21,23H2;1H. The van der Waals surface area contributed by atoms with Gasteiger partial charge >= 0.3 is 0 Å². The van der Waals surface area contributed by atoms with Crippen LogP contribution in [0.4, 0.5) is 5.69 Å². The molecule has 0 aromatic heterocycles. The molecule has 3 aromatic carbocycles. The van der Waals surface area contributed by atoms with Crippen LogP contribution in [0.1, 0.15) is 30.4 Å². The molecule has 0 aliphatic carbocycles. The molecule has 2 saturated heterocycles. The van der Waals surface area contributed by atoms with Crippen molar-refractivity contribution in [2.24, 2.45) is 0 Å². The van der Waals surface area contributed by atoms with Crippen molar-refractivity contribution in [1.29, 1.82) is 0 Å². The highest BCUT2D eigenvalue weighted by molar-refractivity contribution is 6.30. The highest BCUT2D eigenvalue weighted by Gasteiger charge is 2.36. The van der Waals surface area contributed by atoms with Crippen molar-refractivity contribution in [1.82, 2.24) is 9.80 Å². The van der Waals surface area contributed by atoms with Crippen molar-refractivity contribution in [3.8, 4) is 0 Å². The number of carbonyl (C=O) groups is 2. The van der Waals surface area contributed by atoms with Crippen molar-refractivity contribution in [2.45, 2.75) is 19.3 Å². The quantitative estimate of drug-likeness (QED) is 0.198. The number of benzene rings is 3. The Hall–Kier alpha value is -3.12. The maximum atomic E-state index is 13.4. The summed E-state index contributed by atoms with van der Waals surface area (Å²) >= 11 is 6.15. The number of carbonyl (C=O) groups excluding carboxylic acids is 2. The molecule has 7 heteroatoms. The minimum atomic E-state index is -0.150. The maximum Gasteiger partial charge on any atom is 0.257 e. The van der Waals surface area contributed by atoms with Gasteiger partial charge in [0.2, 0.25) is 5.91 Å². The molecule has 0 radical (unpaired) electrons. The smallest absolute Gasteiger partial charge is 0.257 e. The van der Waals surface area contributed by atoms with E-state index >= 15 is 0 Å². The van der Waals surface area contributed by atoms with Crippen LogP contribution in [0.5, 0.6) is 0 Å². The van der Waals surface area contributed by atoms with Crippen LogP contribution in [0.2, 0.25) is 5.02 Å². The van der Waals surface area contributed by atoms with Crippen LogP contribution < -0.4 is 4.90 Å². The first-order chi connectivity index (χ1) is 18.1. The third-order valence-corrected chi connectivity index (χ3v) is 7.45. The highest BCUT2D eigenvalue weighted by atomic mass is 35.5. The van der Waals surface area contributed by atoms with Crippen LogP contribution >= 0.6 is 24.0 Å². The summed E-state index contributed by atoms with van der Waals surface area (Å²) in [6.07, 6.45) is 1.92. The van der Waals surface area contributed by atoms with Crippen molar-refractivity contribution in [2.75, 3.05) is 44.2 Å². The fraction of sp³-hybridized carbons (Fsp3) is 0.290. The monoisotopic (exact) mass is 549 g/mol. The number of hydrogen-bond donors (Lipinski definition) is 0. The van der Waals surface area contributed by atoms with Crippen LogP contribution in [0.25, 0.3) is 5.57 Å². The van der Waals surface area contributed by atoms with E-state index in [-0.39, 0.29) is 30.6 Å². The van der Waals surface area contributed by atoms with Crippen LogP contribution in [-0.4, -0.2) is 60.9 Å². The Morgan fingerprint density at radius 3 is 1.95 bits per heavy atom. The first kappa shape index (κ1) is 27.9. The van der Waals surface area contributed by atoms with Gasteiger partial charge in [-0.15, -0.1) is 12.4 Å². The molecule has 0 unspecified atom stereocenters. The third kappa shape index (κ3) is 6.47. The Morgan fingerprint density at radius 1 is 0.737 bits per heavy atom. The molecule has 2 aliphatic heterocycles. The van der Waals surface area contributed by atoms with Gasteiger partial charge in [0.05, 0.1) is 6.42 Å². The summed E-state index contributed by atoms with van der Waals surface area (Å²) < 4.78 is 0. The van der Waals surface area contributed by atoms with Crippen LogP contribution in [-0.2, 0) is 9.59 Å².